The summed E-state index contributed by atoms with van der Waals surface area (Å²) in [6.07, 6.45) is 5.11. The number of nitrogens with zero attached hydrogens (tertiary/aromatic N) is 1. The second-order valence-corrected chi connectivity index (χ2v) is 5.46. The fourth-order valence-corrected chi connectivity index (χ4v) is 2.33. The Hall–Kier alpha value is -1.26. The van der Waals surface area contributed by atoms with Crippen LogP contribution in [0.2, 0.25) is 0 Å². The molecule has 5 heteroatoms. The number of carbonyl (C=O) groups excluding carboxylic acids is 2. The molecule has 0 aromatic carbocycles. The lowest BCUT2D eigenvalue weighted by Gasteiger charge is -2.26. The van der Waals surface area contributed by atoms with Crippen molar-refractivity contribution in [2.45, 2.75) is 78.7 Å². The molecule has 0 rings (SSSR count). The van der Waals surface area contributed by atoms with Crippen molar-refractivity contribution in [1.82, 2.24) is 4.90 Å². The van der Waals surface area contributed by atoms with Gasteiger partial charge in [-0.2, -0.15) is 0 Å². The maximum atomic E-state index is 12.6. The first-order valence-corrected chi connectivity index (χ1v) is 8.72. The zero-order valence-electron chi connectivity index (χ0n) is 14.7. The van der Waals surface area contributed by atoms with Crippen molar-refractivity contribution in [3.8, 4) is 0 Å². The van der Waals surface area contributed by atoms with Gasteiger partial charge in [0.2, 0.25) is 0 Å². The molecule has 0 aliphatic carbocycles. The molecule has 0 aliphatic heterocycles. The minimum absolute atomic E-state index is 0.0896. The molecule has 0 aromatic heterocycles. The van der Waals surface area contributed by atoms with Crippen molar-refractivity contribution in [3.63, 3.8) is 0 Å². The lowest BCUT2D eigenvalue weighted by molar-refractivity contribution is -0.142. The van der Waals surface area contributed by atoms with E-state index in [0.717, 1.165) is 38.5 Å². The molecule has 22 heavy (non-hydrogen) atoms. The molecule has 0 aliphatic rings. The molecule has 0 saturated carbocycles. The summed E-state index contributed by atoms with van der Waals surface area (Å²) in [6, 6.07) is 0. The highest BCUT2D eigenvalue weighted by atomic mass is 16.7. The Morgan fingerprint density at radius 3 is 2.05 bits per heavy atom. The second-order valence-electron chi connectivity index (χ2n) is 5.46. The van der Waals surface area contributed by atoms with Crippen molar-refractivity contribution >= 4 is 12.1 Å². The van der Waals surface area contributed by atoms with Gasteiger partial charge in [0.25, 0.3) is 5.91 Å². The van der Waals surface area contributed by atoms with Crippen molar-refractivity contribution in [1.29, 1.82) is 0 Å². The first kappa shape index (κ1) is 20.7. The van der Waals surface area contributed by atoms with Gasteiger partial charge in [0.15, 0.2) is 6.10 Å². The van der Waals surface area contributed by atoms with Crippen LogP contribution in [0.25, 0.3) is 0 Å². The fraction of sp³-hybridized carbons (Fsp3) is 0.882. The van der Waals surface area contributed by atoms with E-state index in [-0.39, 0.29) is 12.5 Å². The van der Waals surface area contributed by atoms with Gasteiger partial charge >= 0.3 is 6.16 Å². The first-order valence-electron chi connectivity index (χ1n) is 8.72. The summed E-state index contributed by atoms with van der Waals surface area (Å²) < 4.78 is 10.1. The predicted molar refractivity (Wildman–Crippen MR) is 87.8 cm³/mol. The topological polar surface area (TPSA) is 55.8 Å². The van der Waals surface area contributed by atoms with Gasteiger partial charge in [-0.05, 0) is 32.6 Å². The van der Waals surface area contributed by atoms with E-state index in [1.54, 1.807) is 11.8 Å². The Morgan fingerprint density at radius 2 is 1.55 bits per heavy atom. The maximum absolute atomic E-state index is 12.6. The average molecular weight is 315 g/mol. The molecule has 5 nitrogen and oxygen atoms in total. The van der Waals surface area contributed by atoms with E-state index < -0.39 is 12.3 Å². The minimum atomic E-state index is -0.746. The largest absolute Gasteiger partial charge is 0.509 e. The number of rotatable bonds is 12. The molecular formula is C17H33NO4. The molecule has 0 radical (unpaired) electrons. The number of hydrogen-bond acceptors (Lipinski definition) is 4. The van der Waals surface area contributed by atoms with Crippen LogP contribution in [0.3, 0.4) is 0 Å². The number of hydrogen-bond donors (Lipinski definition) is 0. The maximum Gasteiger partial charge on any atom is 0.509 e. The summed E-state index contributed by atoms with van der Waals surface area (Å²) in [5.41, 5.74) is 0. The van der Waals surface area contributed by atoms with Crippen LogP contribution < -0.4 is 0 Å². The smallest absolute Gasteiger partial charge is 0.435 e. The molecule has 0 fully saturated rings. The van der Waals surface area contributed by atoms with Crippen LogP contribution in [0.1, 0.15) is 72.6 Å². The Bertz CT molecular complexity index is 301. The number of unbranched alkanes of at least 4 members (excludes halogenated alkanes) is 3. The minimum Gasteiger partial charge on any atom is -0.435 e. The third-order valence-corrected chi connectivity index (χ3v) is 3.39. The third kappa shape index (κ3) is 8.90. The molecule has 0 spiro atoms. The van der Waals surface area contributed by atoms with Gasteiger partial charge in [-0.15, -0.1) is 0 Å². The summed E-state index contributed by atoms with van der Waals surface area (Å²) in [7, 11) is 0. The van der Waals surface area contributed by atoms with E-state index in [4.69, 9.17) is 9.47 Å². The van der Waals surface area contributed by atoms with Gasteiger partial charge in [0.05, 0.1) is 6.61 Å². The molecule has 0 saturated heterocycles. The molecule has 1 amide bonds. The standard InChI is InChI=1S/C17H33NO4/c1-5-9-10-11-12-15(22-17(20)21-8-4)16(19)18(13-6-2)14-7-3/h15H,5-14H2,1-4H3. The normalized spacial score (nSPS) is 11.8. The molecule has 0 heterocycles. The van der Waals surface area contributed by atoms with E-state index in [1.807, 2.05) is 13.8 Å². The van der Waals surface area contributed by atoms with Gasteiger partial charge < -0.3 is 14.4 Å². The Kier molecular flexibility index (Phi) is 12.6. The quantitative estimate of drug-likeness (QED) is 0.401. The average Bonchev–Trinajstić information content (AvgIpc) is 2.49. The number of carbonyl (C=O) groups is 2. The SMILES string of the molecule is CCCCCCC(OC(=O)OCC)C(=O)N(CCC)CCC. The fourth-order valence-electron chi connectivity index (χ4n) is 2.33. The second kappa shape index (κ2) is 13.4. The van der Waals surface area contributed by atoms with Crippen LogP contribution in [0.5, 0.6) is 0 Å². The van der Waals surface area contributed by atoms with Crippen molar-refractivity contribution < 1.29 is 19.1 Å². The summed E-state index contributed by atoms with van der Waals surface area (Å²) in [4.78, 5) is 26.0. The zero-order chi connectivity index (χ0) is 16.8. The van der Waals surface area contributed by atoms with Crippen molar-refractivity contribution in [2.24, 2.45) is 0 Å². The van der Waals surface area contributed by atoms with E-state index in [0.29, 0.717) is 19.5 Å². The van der Waals surface area contributed by atoms with Crippen molar-refractivity contribution in [3.05, 3.63) is 0 Å². The van der Waals surface area contributed by atoms with Crippen LogP contribution in [-0.2, 0) is 14.3 Å². The van der Waals surface area contributed by atoms with Crippen LogP contribution in [0.15, 0.2) is 0 Å². The summed E-state index contributed by atoms with van der Waals surface area (Å²) >= 11 is 0. The van der Waals surface area contributed by atoms with Crippen LogP contribution >= 0.6 is 0 Å². The Morgan fingerprint density at radius 1 is 0.909 bits per heavy atom. The van der Waals surface area contributed by atoms with E-state index >= 15 is 0 Å². The van der Waals surface area contributed by atoms with Gasteiger partial charge in [-0.25, -0.2) is 4.79 Å². The molecule has 0 N–H and O–H groups in total. The first-order chi connectivity index (χ1) is 10.6. The van der Waals surface area contributed by atoms with E-state index in [1.165, 1.54) is 0 Å². The lowest BCUT2D eigenvalue weighted by Crippen LogP contribution is -2.42. The van der Waals surface area contributed by atoms with Gasteiger partial charge in [0, 0.05) is 13.1 Å². The molecule has 1 atom stereocenters. The predicted octanol–water partition coefficient (Wildman–Crippen LogP) is 4.15. The summed E-state index contributed by atoms with van der Waals surface area (Å²) in [5.74, 6) is -0.0896. The molecule has 0 aromatic rings. The highest BCUT2D eigenvalue weighted by Gasteiger charge is 2.27. The van der Waals surface area contributed by atoms with Crippen LogP contribution in [0, 0.1) is 0 Å². The molecular weight excluding hydrogens is 282 g/mol. The number of ether oxygens (including phenoxy) is 2. The van der Waals surface area contributed by atoms with E-state index in [9.17, 15) is 9.59 Å². The highest BCUT2D eigenvalue weighted by Crippen LogP contribution is 2.13. The molecule has 0 bridgehead atoms. The Balaban J connectivity index is 4.69. The highest BCUT2D eigenvalue weighted by molar-refractivity contribution is 5.82. The monoisotopic (exact) mass is 315 g/mol. The van der Waals surface area contributed by atoms with Crippen LogP contribution in [-0.4, -0.2) is 42.8 Å². The zero-order valence-corrected chi connectivity index (χ0v) is 14.7. The summed E-state index contributed by atoms with van der Waals surface area (Å²) in [5, 5.41) is 0. The van der Waals surface area contributed by atoms with Crippen molar-refractivity contribution in [2.75, 3.05) is 19.7 Å². The Labute approximate surface area is 135 Å². The molecule has 130 valence electrons. The number of amides is 1. The molecule has 1 unspecified atom stereocenters. The van der Waals surface area contributed by atoms with Crippen LogP contribution in [0.4, 0.5) is 4.79 Å². The van der Waals surface area contributed by atoms with E-state index in [2.05, 4.69) is 6.92 Å². The lowest BCUT2D eigenvalue weighted by atomic mass is 10.1. The summed E-state index contributed by atoms with van der Waals surface area (Å²) in [6.45, 7) is 9.59. The van der Waals surface area contributed by atoms with Gasteiger partial charge in [-0.3, -0.25) is 4.79 Å². The van der Waals surface area contributed by atoms with Gasteiger partial charge in [-0.1, -0.05) is 40.0 Å². The van der Waals surface area contributed by atoms with Gasteiger partial charge in [0.1, 0.15) is 0 Å². The third-order valence-electron chi connectivity index (χ3n) is 3.39.